The van der Waals surface area contributed by atoms with Crippen molar-refractivity contribution < 1.29 is 0 Å². The first-order valence-corrected chi connectivity index (χ1v) is 7.82. The molecule has 0 aliphatic rings. The van der Waals surface area contributed by atoms with Gasteiger partial charge in [-0.15, -0.1) is 11.8 Å². The molecule has 2 aromatic rings. The SMILES string of the molecule is CCNCc1cccc(Cl)c1SCc1ccccc1. The molecule has 0 spiro atoms. The first kappa shape index (κ1) is 14.4. The van der Waals surface area contributed by atoms with Crippen LogP contribution in [0.25, 0.3) is 0 Å². The summed E-state index contributed by atoms with van der Waals surface area (Å²) in [4.78, 5) is 1.19. The third kappa shape index (κ3) is 4.27. The molecular weight excluding hydrogens is 274 g/mol. The van der Waals surface area contributed by atoms with Gasteiger partial charge in [-0.05, 0) is 23.7 Å². The second-order valence-electron chi connectivity index (χ2n) is 4.28. The Labute approximate surface area is 124 Å². The second-order valence-corrected chi connectivity index (χ2v) is 5.68. The molecule has 0 aromatic heterocycles. The number of thioether (sulfide) groups is 1. The van der Waals surface area contributed by atoms with Crippen molar-refractivity contribution in [2.24, 2.45) is 0 Å². The summed E-state index contributed by atoms with van der Waals surface area (Å²) in [5, 5.41) is 4.20. The van der Waals surface area contributed by atoms with E-state index in [4.69, 9.17) is 11.6 Å². The maximum Gasteiger partial charge on any atom is 0.0545 e. The van der Waals surface area contributed by atoms with Gasteiger partial charge in [-0.1, -0.05) is 61.0 Å². The predicted octanol–water partition coefficient (Wildman–Crippen LogP) is 4.74. The van der Waals surface area contributed by atoms with Gasteiger partial charge in [-0.25, -0.2) is 0 Å². The average Bonchev–Trinajstić information content (AvgIpc) is 2.45. The van der Waals surface area contributed by atoms with Gasteiger partial charge < -0.3 is 5.32 Å². The highest BCUT2D eigenvalue weighted by Crippen LogP contribution is 2.32. The van der Waals surface area contributed by atoms with Crippen molar-refractivity contribution in [3.8, 4) is 0 Å². The van der Waals surface area contributed by atoms with E-state index in [1.54, 1.807) is 11.8 Å². The minimum absolute atomic E-state index is 0.844. The third-order valence-electron chi connectivity index (χ3n) is 2.84. The Morgan fingerprint density at radius 2 is 1.84 bits per heavy atom. The Hall–Kier alpha value is -0.960. The molecule has 19 heavy (non-hydrogen) atoms. The van der Waals surface area contributed by atoms with Crippen LogP contribution in [0.5, 0.6) is 0 Å². The number of halogens is 1. The topological polar surface area (TPSA) is 12.0 Å². The van der Waals surface area contributed by atoms with Crippen molar-refractivity contribution >= 4 is 23.4 Å². The van der Waals surface area contributed by atoms with Crippen LogP contribution in [0, 0.1) is 0 Å². The Morgan fingerprint density at radius 3 is 2.58 bits per heavy atom. The Morgan fingerprint density at radius 1 is 1.05 bits per heavy atom. The lowest BCUT2D eigenvalue weighted by Gasteiger charge is -2.11. The fourth-order valence-corrected chi connectivity index (χ4v) is 3.24. The highest BCUT2D eigenvalue weighted by atomic mass is 35.5. The molecule has 1 N–H and O–H groups in total. The maximum absolute atomic E-state index is 6.33. The zero-order valence-corrected chi connectivity index (χ0v) is 12.6. The van der Waals surface area contributed by atoms with E-state index in [0.29, 0.717) is 0 Å². The van der Waals surface area contributed by atoms with Crippen LogP contribution in [-0.4, -0.2) is 6.54 Å². The van der Waals surface area contributed by atoms with Crippen LogP contribution in [-0.2, 0) is 12.3 Å². The average molecular weight is 292 g/mol. The lowest BCUT2D eigenvalue weighted by Crippen LogP contribution is -2.12. The summed E-state index contributed by atoms with van der Waals surface area (Å²) < 4.78 is 0. The van der Waals surface area contributed by atoms with Crippen LogP contribution < -0.4 is 5.32 Å². The minimum atomic E-state index is 0.844. The fraction of sp³-hybridized carbons (Fsp3) is 0.250. The molecular formula is C16H18ClNS. The standard InChI is InChI=1S/C16H18ClNS/c1-2-18-11-14-9-6-10-15(17)16(14)19-12-13-7-4-3-5-8-13/h3-10,18H,2,11-12H2,1H3. The van der Waals surface area contributed by atoms with Crippen LogP contribution in [0.15, 0.2) is 53.4 Å². The molecule has 0 saturated heterocycles. The lowest BCUT2D eigenvalue weighted by atomic mass is 10.2. The van der Waals surface area contributed by atoms with E-state index >= 15 is 0 Å². The summed E-state index contributed by atoms with van der Waals surface area (Å²) in [7, 11) is 0. The smallest absolute Gasteiger partial charge is 0.0545 e. The molecule has 0 saturated carbocycles. The highest BCUT2D eigenvalue weighted by Gasteiger charge is 2.07. The molecule has 0 bridgehead atoms. The number of benzene rings is 2. The van der Waals surface area contributed by atoms with E-state index in [1.165, 1.54) is 16.0 Å². The third-order valence-corrected chi connectivity index (χ3v) is 4.52. The van der Waals surface area contributed by atoms with Crippen LogP contribution >= 0.6 is 23.4 Å². The summed E-state index contributed by atoms with van der Waals surface area (Å²) in [6.07, 6.45) is 0. The van der Waals surface area contributed by atoms with E-state index in [0.717, 1.165) is 23.9 Å². The highest BCUT2D eigenvalue weighted by molar-refractivity contribution is 7.98. The Bertz CT molecular complexity index is 513. The van der Waals surface area contributed by atoms with E-state index in [2.05, 4.69) is 42.6 Å². The van der Waals surface area contributed by atoms with Crippen molar-refractivity contribution in [1.29, 1.82) is 0 Å². The van der Waals surface area contributed by atoms with E-state index in [1.807, 2.05) is 18.2 Å². The van der Waals surface area contributed by atoms with Crippen LogP contribution in [0.3, 0.4) is 0 Å². The molecule has 0 fully saturated rings. The van der Waals surface area contributed by atoms with Gasteiger partial charge >= 0.3 is 0 Å². The van der Waals surface area contributed by atoms with E-state index < -0.39 is 0 Å². The largest absolute Gasteiger partial charge is 0.313 e. The minimum Gasteiger partial charge on any atom is -0.313 e. The Balaban J connectivity index is 2.10. The first-order chi connectivity index (χ1) is 9.31. The van der Waals surface area contributed by atoms with Crippen LogP contribution in [0.2, 0.25) is 5.02 Å². The van der Waals surface area contributed by atoms with Crippen molar-refractivity contribution in [1.82, 2.24) is 5.32 Å². The van der Waals surface area contributed by atoms with E-state index in [9.17, 15) is 0 Å². The monoisotopic (exact) mass is 291 g/mol. The summed E-state index contributed by atoms with van der Waals surface area (Å²) in [6, 6.07) is 16.6. The van der Waals surface area contributed by atoms with Gasteiger partial charge in [0.25, 0.3) is 0 Å². The molecule has 2 rings (SSSR count). The molecule has 0 heterocycles. The molecule has 0 atom stereocenters. The lowest BCUT2D eigenvalue weighted by molar-refractivity contribution is 0.718. The van der Waals surface area contributed by atoms with Gasteiger partial charge in [0.2, 0.25) is 0 Å². The number of hydrogen-bond acceptors (Lipinski definition) is 2. The van der Waals surface area contributed by atoms with Gasteiger partial charge in [0, 0.05) is 17.2 Å². The maximum atomic E-state index is 6.33. The van der Waals surface area contributed by atoms with Crippen LogP contribution in [0.1, 0.15) is 18.1 Å². The van der Waals surface area contributed by atoms with Crippen molar-refractivity contribution in [2.45, 2.75) is 24.1 Å². The summed E-state index contributed by atoms with van der Waals surface area (Å²) in [5.74, 6) is 0.948. The molecule has 0 amide bonds. The Kier molecular flexibility index (Phi) is 5.77. The van der Waals surface area contributed by atoms with Gasteiger partial charge in [-0.3, -0.25) is 0 Å². The normalized spacial score (nSPS) is 10.6. The van der Waals surface area contributed by atoms with Gasteiger partial charge in [0.1, 0.15) is 0 Å². The molecule has 0 aliphatic carbocycles. The zero-order chi connectivity index (χ0) is 13.5. The molecule has 0 unspecified atom stereocenters. The molecule has 0 radical (unpaired) electrons. The fourth-order valence-electron chi connectivity index (χ4n) is 1.84. The quantitative estimate of drug-likeness (QED) is 0.771. The summed E-state index contributed by atoms with van der Waals surface area (Å²) >= 11 is 8.13. The van der Waals surface area contributed by atoms with Crippen molar-refractivity contribution in [3.05, 3.63) is 64.7 Å². The van der Waals surface area contributed by atoms with Gasteiger partial charge in [0.05, 0.1) is 5.02 Å². The molecule has 2 aromatic carbocycles. The number of hydrogen-bond donors (Lipinski definition) is 1. The first-order valence-electron chi connectivity index (χ1n) is 6.46. The molecule has 1 nitrogen and oxygen atoms in total. The van der Waals surface area contributed by atoms with Crippen LogP contribution in [0.4, 0.5) is 0 Å². The summed E-state index contributed by atoms with van der Waals surface area (Å²) in [6.45, 7) is 3.95. The second kappa shape index (κ2) is 7.59. The molecule has 100 valence electrons. The van der Waals surface area contributed by atoms with E-state index in [-0.39, 0.29) is 0 Å². The van der Waals surface area contributed by atoms with Crippen molar-refractivity contribution in [3.63, 3.8) is 0 Å². The molecule has 0 aliphatic heterocycles. The molecule has 3 heteroatoms. The van der Waals surface area contributed by atoms with Crippen molar-refractivity contribution in [2.75, 3.05) is 6.54 Å². The zero-order valence-electron chi connectivity index (χ0n) is 11.0. The van der Waals surface area contributed by atoms with Gasteiger partial charge in [-0.2, -0.15) is 0 Å². The predicted molar refractivity (Wildman–Crippen MR) is 84.8 cm³/mol. The number of nitrogens with one attached hydrogen (secondary N) is 1. The summed E-state index contributed by atoms with van der Waals surface area (Å²) in [5.41, 5.74) is 2.59. The number of rotatable bonds is 6. The van der Waals surface area contributed by atoms with Gasteiger partial charge in [0.15, 0.2) is 0 Å².